The Morgan fingerprint density at radius 2 is 1.06 bits per heavy atom. The average Bonchev–Trinajstić information content (AvgIpc) is 3.14. The second-order valence-corrected chi connectivity index (χ2v) is 11.4. The summed E-state index contributed by atoms with van der Waals surface area (Å²) in [7, 11) is 0. The molecular weight excluding hydrogens is 569 g/mol. The smallest absolute Gasteiger partial charge is 0.0540 e. The van der Waals surface area contributed by atoms with E-state index in [2.05, 4.69) is 207 Å². The third kappa shape index (κ3) is 6.59. The number of para-hydroxylation sites is 2. The Labute approximate surface area is 279 Å². The highest BCUT2D eigenvalue weighted by atomic mass is 15.2. The third-order valence-electron chi connectivity index (χ3n) is 8.52. The minimum atomic E-state index is 1.04. The minimum absolute atomic E-state index is 1.04. The van der Waals surface area contributed by atoms with Crippen LogP contribution in [0.4, 0.5) is 28.4 Å². The minimum Gasteiger partial charge on any atom is -0.310 e. The standard InChI is InChI=1S/C45H40N2/c1-5-17-42(34(4)6-2)44(7-3)46(38-20-10-8-11-21-38)40-30-26-35(27-31-40)36-28-32-41(33-29-36)47(39-22-12-9-13-23-39)45-25-16-19-37-18-14-15-24-43(37)45/h5-33H,3H2,1-2,4H3/b17-5-,34-6-,44-42+. The molecule has 2 nitrogen and oxygen atoms in total. The summed E-state index contributed by atoms with van der Waals surface area (Å²) in [5.74, 6) is 0. The monoisotopic (exact) mass is 608 g/mol. The maximum atomic E-state index is 4.24. The predicted octanol–water partition coefficient (Wildman–Crippen LogP) is 13.1. The maximum Gasteiger partial charge on any atom is 0.0540 e. The van der Waals surface area contributed by atoms with E-state index in [1.165, 1.54) is 16.3 Å². The third-order valence-corrected chi connectivity index (χ3v) is 8.52. The number of hydrogen-bond donors (Lipinski definition) is 0. The molecule has 0 aliphatic heterocycles. The van der Waals surface area contributed by atoms with Crippen LogP contribution in [-0.4, -0.2) is 0 Å². The lowest BCUT2D eigenvalue weighted by Gasteiger charge is -2.29. The van der Waals surface area contributed by atoms with E-state index < -0.39 is 0 Å². The predicted molar refractivity (Wildman–Crippen MR) is 204 cm³/mol. The van der Waals surface area contributed by atoms with Crippen molar-refractivity contribution in [1.82, 2.24) is 0 Å². The molecule has 0 atom stereocenters. The molecule has 47 heavy (non-hydrogen) atoms. The Bertz CT molecular complexity index is 2040. The average molecular weight is 609 g/mol. The molecule has 0 saturated carbocycles. The van der Waals surface area contributed by atoms with Gasteiger partial charge in [-0.15, -0.1) is 0 Å². The van der Waals surface area contributed by atoms with Gasteiger partial charge in [-0.1, -0.05) is 122 Å². The number of fused-ring (bicyclic) bond motifs is 1. The van der Waals surface area contributed by atoms with Crippen molar-refractivity contribution < 1.29 is 0 Å². The maximum absolute atomic E-state index is 4.24. The van der Waals surface area contributed by atoms with Crippen LogP contribution in [0.15, 0.2) is 199 Å². The Morgan fingerprint density at radius 1 is 0.553 bits per heavy atom. The van der Waals surface area contributed by atoms with Gasteiger partial charge in [0.05, 0.1) is 11.4 Å². The molecule has 6 aromatic carbocycles. The second-order valence-electron chi connectivity index (χ2n) is 11.4. The molecule has 230 valence electrons. The van der Waals surface area contributed by atoms with E-state index in [-0.39, 0.29) is 0 Å². The van der Waals surface area contributed by atoms with Gasteiger partial charge in [0.25, 0.3) is 0 Å². The molecule has 2 heteroatoms. The molecule has 0 radical (unpaired) electrons. The van der Waals surface area contributed by atoms with Crippen molar-refractivity contribution in [3.05, 3.63) is 199 Å². The summed E-state index contributed by atoms with van der Waals surface area (Å²) >= 11 is 0. The fraction of sp³-hybridized carbons (Fsp3) is 0.0667. The first-order chi connectivity index (χ1) is 23.1. The van der Waals surface area contributed by atoms with E-state index >= 15 is 0 Å². The van der Waals surface area contributed by atoms with Crippen LogP contribution in [0.3, 0.4) is 0 Å². The highest BCUT2D eigenvalue weighted by Gasteiger charge is 2.18. The van der Waals surface area contributed by atoms with E-state index in [1.807, 2.05) is 6.08 Å². The van der Waals surface area contributed by atoms with E-state index in [9.17, 15) is 0 Å². The first-order valence-electron chi connectivity index (χ1n) is 16.1. The molecular formula is C45H40N2. The lowest BCUT2D eigenvalue weighted by atomic mass is 10.0. The zero-order chi connectivity index (χ0) is 32.6. The van der Waals surface area contributed by atoms with E-state index in [0.29, 0.717) is 0 Å². The quantitative estimate of drug-likeness (QED) is 0.143. The summed E-state index contributed by atoms with van der Waals surface area (Å²) < 4.78 is 0. The first-order valence-corrected chi connectivity index (χ1v) is 16.1. The van der Waals surface area contributed by atoms with Crippen LogP contribution < -0.4 is 9.80 Å². The largest absolute Gasteiger partial charge is 0.310 e. The van der Waals surface area contributed by atoms with Crippen molar-refractivity contribution in [1.29, 1.82) is 0 Å². The van der Waals surface area contributed by atoms with Crippen LogP contribution in [-0.2, 0) is 0 Å². The van der Waals surface area contributed by atoms with Crippen LogP contribution in [0.1, 0.15) is 20.8 Å². The number of hydrogen-bond acceptors (Lipinski definition) is 2. The van der Waals surface area contributed by atoms with Gasteiger partial charge < -0.3 is 9.80 Å². The van der Waals surface area contributed by atoms with Crippen LogP contribution in [0.2, 0.25) is 0 Å². The van der Waals surface area contributed by atoms with Gasteiger partial charge in [-0.2, -0.15) is 0 Å². The summed E-state index contributed by atoms with van der Waals surface area (Å²) in [6.07, 6.45) is 8.35. The van der Waals surface area contributed by atoms with Gasteiger partial charge in [0.1, 0.15) is 0 Å². The highest BCUT2D eigenvalue weighted by molar-refractivity contribution is 5.99. The van der Waals surface area contributed by atoms with Crippen molar-refractivity contribution in [2.45, 2.75) is 20.8 Å². The van der Waals surface area contributed by atoms with Crippen molar-refractivity contribution in [3.8, 4) is 11.1 Å². The Kier molecular flexibility index (Phi) is 9.60. The van der Waals surface area contributed by atoms with Crippen LogP contribution in [0.25, 0.3) is 21.9 Å². The zero-order valence-corrected chi connectivity index (χ0v) is 27.3. The summed E-state index contributed by atoms with van der Waals surface area (Å²) in [6, 6.07) is 53.8. The molecule has 0 bridgehead atoms. The molecule has 0 heterocycles. The second kappa shape index (κ2) is 14.5. The fourth-order valence-electron chi connectivity index (χ4n) is 6.08. The summed E-state index contributed by atoms with van der Waals surface area (Å²) in [5, 5.41) is 2.44. The molecule has 0 unspecified atom stereocenters. The fourth-order valence-corrected chi connectivity index (χ4v) is 6.08. The first kappa shape index (κ1) is 31.1. The molecule has 0 aliphatic rings. The van der Waals surface area contributed by atoms with Crippen LogP contribution in [0.5, 0.6) is 0 Å². The lowest BCUT2D eigenvalue weighted by Crippen LogP contribution is -2.17. The van der Waals surface area contributed by atoms with Crippen molar-refractivity contribution in [2.24, 2.45) is 0 Å². The molecule has 0 saturated heterocycles. The number of anilines is 5. The highest BCUT2D eigenvalue weighted by Crippen LogP contribution is 2.40. The van der Waals surface area contributed by atoms with Gasteiger partial charge in [-0.05, 0) is 104 Å². The Balaban J connectivity index is 1.38. The van der Waals surface area contributed by atoms with E-state index in [0.717, 1.165) is 50.8 Å². The Hall–Kier alpha value is -5.86. The summed E-state index contributed by atoms with van der Waals surface area (Å²) in [6.45, 7) is 10.5. The molecule has 0 aromatic heterocycles. The molecule has 0 N–H and O–H groups in total. The summed E-state index contributed by atoms with van der Waals surface area (Å²) in [5.41, 5.74) is 11.2. The summed E-state index contributed by atoms with van der Waals surface area (Å²) in [4.78, 5) is 4.62. The number of allylic oxidation sites excluding steroid dienone is 6. The van der Waals surface area contributed by atoms with Gasteiger partial charge in [0.15, 0.2) is 0 Å². The van der Waals surface area contributed by atoms with Gasteiger partial charge >= 0.3 is 0 Å². The molecule has 0 amide bonds. The molecule has 0 fully saturated rings. The van der Waals surface area contributed by atoms with Crippen molar-refractivity contribution in [3.63, 3.8) is 0 Å². The molecule has 6 rings (SSSR count). The van der Waals surface area contributed by atoms with Crippen molar-refractivity contribution in [2.75, 3.05) is 9.80 Å². The van der Waals surface area contributed by atoms with Gasteiger partial charge in [0, 0.05) is 33.7 Å². The SMILES string of the molecule is C=C/C(=C(/C=C\C)C(\C)=C/C)N(c1ccccc1)c1ccc(-c2ccc(N(c3ccccc3)c3cccc4ccccc34)cc2)cc1. The molecule has 0 spiro atoms. The zero-order valence-electron chi connectivity index (χ0n) is 27.3. The van der Waals surface area contributed by atoms with E-state index in [1.54, 1.807) is 0 Å². The molecule has 0 aliphatic carbocycles. The van der Waals surface area contributed by atoms with Crippen LogP contribution in [0, 0.1) is 0 Å². The van der Waals surface area contributed by atoms with Gasteiger partial charge in [-0.25, -0.2) is 0 Å². The Morgan fingerprint density at radius 3 is 1.66 bits per heavy atom. The van der Waals surface area contributed by atoms with Crippen molar-refractivity contribution >= 4 is 39.2 Å². The van der Waals surface area contributed by atoms with Gasteiger partial charge in [-0.3, -0.25) is 0 Å². The normalized spacial score (nSPS) is 12.2. The number of rotatable bonds is 10. The van der Waals surface area contributed by atoms with Gasteiger partial charge in [0.2, 0.25) is 0 Å². The lowest BCUT2D eigenvalue weighted by molar-refractivity contribution is 1.17. The molecule has 6 aromatic rings. The number of benzene rings is 6. The number of nitrogens with zero attached hydrogens (tertiary/aromatic N) is 2. The topological polar surface area (TPSA) is 6.48 Å². The van der Waals surface area contributed by atoms with E-state index in [4.69, 9.17) is 0 Å². The van der Waals surface area contributed by atoms with Crippen LogP contribution >= 0.6 is 0 Å².